The first kappa shape index (κ1) is 15.6. The summed E-state index contributed by atoms with van der Waals surface area (Å²) in [6.45, 7) is 2.74. The summed E-state index contributed by atoms with van der Waals surface area (Å²) < 4.78 is 0. The molecule has 1 N–H and O–H groups in total. The van der Waals surface area contributed by atoms with Gasteiger partial charge in [-0.05, 0) is 92.3 Å². The smallest absolute Gasteiger partial charge is 0.159 e. The molecule has 4 aliphatic rings. The van der Waals surface area contributed by atoms with E-state index in [1.165, 1.54) is 44.1 Å². The third-order valence-electron chi connectivity index (χ3n) is 7.44. The molecule has 0 saturated heterocycles. The molecular formula is C21H30O2. The molecule has 4 aliphatic carbocycles. The van der Waals surface area contributed by atoms with Crippen LogP contribution in [0, 0.1) is 23.2 Å². The van der Waals surface area contributed by atoms with Crippen molar-refractivity contribution in [2.24, 2.45) is 23.2 Å². The molecule has 0 aromatic carbocycles. The highest BCUT2D eigenvalue weighted by Gasteiger charge is 2.48. The van der Waals surface area contributed by atoms with Gasteiger partial charge < -0.3 is 5.11 Å². The predicted octanol–water partition coefficient (Wildman–Crippen LogP) is 4.58. The van der Waals surface area contributed by atoms with E-state index in [1.807, 2.05) is 6.08 Å². The topological polar surface area (TPSA) is 37.3 Å². The van der Waals surface area contributed by atoms with Crippen LogP contribution in [0.15, 0.2) is 22.8 Å². The van der Waals surface area contributed by atoms with Crippen molar-refractivity contribution >= 4 is 5.78 Å². The zero-order valence-corrected chi connectivity index (χ0v) is 14.4. The number of aliphatic hydroxyl groups excluding tert-OH is 1. The van der Waals surface area contributed by atoms with Crippen LogP contribution in [0.1, 0.15) is 71.1 Å². The Hall–Kier alpha value is -0.890. The zero-order chi connectivity index (χ0) is 16.0. The summed E-state index contributed by atoms with van der Waals surface area (Å²) in [6, 6.07) is 0. The molecule has 2 fully saturated rings. The molecule has 2 nitrogen and oxygen atoms in total. The molecule has 0 spiro atoms. The Morgan fingerprint density at radius 2 is 2.13 bits per heavy atom. The van der Waals surface area contributed by atoms with Crippen LogP contribution in [-0.4, -0.2) is 17.5 Å². The standard InChI is InChI=1S/C21H30O2/c1-21-9-2-5-19(21)17-7-6-14-13-20(23)15(4-3-11-22)12-18(14)16(17)8-10-21/h13,15,17,19,22H,2-12H2,1H3/t15?,17-,19+,21-/m1/s1. The number of allylic oxidation sites excluding steroid dienone is 4. The molecule has 126 valence electrons. The summed E-state index contributed by atoms with van der Waals surface area (Å²) >= 11 is 0. The highest BCUT2D eigenvalue weighted by molar-refractivity contribution is 5.95. The van der Waals surface area contributed by atoms with Crippen molar-refractivity contribution in [1.29, 1.82) is 0 Å². The summed E-state index contributed by atoms with van der Waals surface area (Å²) in [6.07, 6.45) is 13.8. The molecule has 2 heteroatoms. The Balaban J connectivity index is 1.65. The van der Waals surface area contributed by atoms with E-state index >= 15 is 0 Å². The van der Waals surface area contributed by atoms with E-state index in [2.05, 4.69) is 6.92 Å². The molecule has 0 heterocycles. The van der Waals surface area contributed by atoms with Gasteiger partial charge in [-0.1, -0.05) is 18.9 Å². The number of ketones is 1. The summed E-state index contributed by atoms with van der Waals surface area (Å²) in [5.74, 6) is 2.14. The van der Waals surface area contributed by atoms with E-state index in [9.17, 15) is 4.79 Å². The molecule has 1 unspecified atom stereocenters. The molecule has 0 aliphatic heterocycles. The van der Waals surface area contributed by atoms with Gasteiger partial charge in [0.05, 0.1) is 0 Å². The zero-order valence-electron chi connectivity index (χ0n) is 14.4. The van der Waals surface area contributed by atoms with Gasteiger partial charge in [-0.2, -0.15) is 0 Å². The Kier molecular flexibility index (Phi) is 3.99. The molecular weight excluding hydrogens is 284 g/mol. The van der Waals surface area contributed by atoms with Gasteiger partial charge in [0.15, 0.2) is 5.78 Å². The Labute approximate surface area is 140 Å². The van der Waals surface area contributed by atoms with Gasteiger partial charge in [-0.15, -0.1) is 0 Å². The van der Waals surface area contributed by atoms with Gasteiger partial charge in [0, 0.05) is 12.5 Å². The van der Waals surface area contributed by atoms with E-state index in [0.29, 0.717) is 11.2 Å². The second-order valence-electron chi connectivity index (χ2n) is 8.64. The first-order chi connectivity index (χ1) is 11.1. The van der Waals surface area contributed by atoms with Crippen molar-refractivity contribution in [3.05, 3.63) is 22.8 Å². The lowest BCUT2D eigenvalue weighted by Crippen LogP contribution is -2.37. The first-order valence-corrected chi connectivity index (χ1v) is 9.70. The fourth-order valence-corrected chi connectivity index (χ4v) is 6.16. The Bertz CT molecular complexity index is 570. The second-order valence-corrected chi connectivity index (χ2v) is 8.64. The lowest BCUT2D eigenvalue weighted by molar-refractivity contribution is -0.118. The molecule has 0 amide bonds. The number of hydrogen-bond acceptors (Lipinski definition) is 2. The predicted molar refractivity (Wildman–Crippen MR) is 91.9 cm³/mol. The lowest BCUT2D eigenvalue weighted by atomic mass is 9.57. The molecule has 2 saturated carbocycles. The van der Waals surface area contributed by atoms with Gasteiger partial charge in [0.1, 0.15) is 0 Å². The van der Waals surface area contributed by atoms with Crippen LogP contribution in [0.25, 0.3) is 0 Å². The molecule has 0 radical (unpaired) electrons. The molecule has 0 bridgehead atoms. The third kappa shape index (κ3) is 2.54. The number of carbonyl (C=O) groups excluding carboxylic acids is 1. The quantitative estimate of drug-likeness (QED) is 0.828. The van der Waals surface area contributed by atoms with Gasteiger partial charge in [0.2, 0.25) is 0 Å². The van der Waals surface area contributed by atoms with Crippen molar-refractivity contribution in [2.45, 2.75) is 71.1 Å². The van der Waals surface area contributed by atoms with Crippen LogP contribution in [0.4, 0.5) is 0 Å². The normalized spacial score (nSPS) is 39.7. The van der Waals surface area contributed by atoms with E-state index in [0.717, 1.165) is 37.5 Å². The second kappa shape index (κ2) is 5.88. The van der Waals surface area contributed by atoms with Gasteiger partial charge in [0.25, 0.3) is 0 Å². The van der Waals surface area contributed by atoms with Crippen LogP contribution in [0.2, 0.25) is 0 Å². The highest BCUT2D eigenvalue weighted by Crippen LogP contribution is 2.60. The molecule has 4 rings (SSSR count). The molecule has 4 atom stereocenters. The average Bonchev–Trinajstić information content (AvgIpc) is 2.94. The van der Waals surface area contributed by atoms with Gasteiger partial charge in [-0.25, -0.2) is 0 Å². The number of aliphatic hydroxyl groups is 1. The summed E-state index contributed by atoms with van der Waals surface area (Å²) in [5.41, 5.74) is 5.26. The van der Waals surface area contributed by atoms with Crippen LogP contribution >= 0.6 is 0 Å². The van der Waals surface area contributed by atoms with Crippen LogP contribution in [0.3, 0.4) is 0 Å². The number of fused-ring (bicyclic) bond motifs is 4. The largest absolute Gasteiger partial charge is 0.396 e. The molecule has 0 aromatic heterocycles. The number of rotatable bonds is 3. The van der Waals surface area contributed by atoms with Crippen LogP contribution < -0.4 is 0 Å². The van der Waals surface area contributed by atoms with Gasteiger partial charge in [-0.3, -0.25) is 4.79 Å². The van der Waals surface area contributed by atoms with E-state index in [4.69, 9.17) is 5.11 Å². The van der Waals surface area contributed by atoms with E-state index in [1.54, 1.807) is 11.1 Å². The third-order valence-corrected chi connectivity index (χ3v) is 7.44. The minimum Gasteiger partial charge on any atom is -0.396 e. The number of carbonyl (C=O) groups is 1. The van der Waals surface area contributed by atoms with Crippen molar-refractivity contribution in [3.63, 3.8) is 0 Å². The number of hydrogen-bond donors (Lipinski definition) is 1. The highest BCUT2D eigenvalue weighted by atomic mass is 16.2. The minimum absolute atomic E-state index is 0.129. The molecule has 23 heavy (non-hydrogen) atoms. The van der Waals surface area contributed by atoms with Crippen LogP contribution in [0.5, 0.6) is 0 Å². The fraction of sp³-hybridized carbons (Fsp3) is 0.762. The van der Waals surface area contributed by atoms with E-state index < -0.39 is 0 Å². The fourth-order valence-electron chi connectivity index (χ4n) is 6.16. The lowest BCUT2D eigenvalue weighted by Gasteiger charge is -2.47. The molecule has 0 aromatic rings. The SMILES string of the molecule is C[C@]12CCC[C@H]1[C@@H]1CCC3=CC(=O)C(CCCO)CC3=C1CC2. The van der Waals surface area contributed by atoms with E-state index in [-0.39, 0.29) is 12.5 Å². The summed E-state index contributed by atoms with van der Waals surface area (Å²) in [5, 5.41) is 9.10. The maximum atomic E-state index is 12.4. The summed E-state index contributed by atoms with van der Waals surface area (Å²) in [4.78, 5) is 12.4. The van der Waals surface area contributed by atoms with Gasteiger partial charge >= 0.3 is 0 Å². The first-order valence-electron chi connectivity index (χ1n) is 9.70. The Morgan fingerprint density at radius 1 is 1.26 bits per heavy atom. The van der Waals surface area contributed by atoms with Crippen molar-refractivity contribution in [2.75, 3.05) is 6.61 Å². The summed E-state index contributed by atoms with van der Waals surface area (Å²) in [7, 11) is 0. The average molecular weight is 314 g/mol. The monoisotopic (exact) mass is 314 g/mol. The van der Waals surface area contributed by atoms with Crippen molar-refractivity contribution in [3.8, 4) is 0 Å². The van der Waals surface area contributed by atoms with Crippen molar-refractivity contribution in [1.82, 2.24) is 0 Å². The maximum absolute atomic E-state index is 12.4. The maximum Gasteiger partial charge on any atom is 0.159 e. The van der Waals surface area contributed by atoms with Crippen molar-refractivity contribution < 1.29 is 9.90 Å². The van der Waals surface area contributed by atoms with Crippen LogP contribution in [-0.2, 0) is 4.79 Å². The Morgan fingerprint density at radius 3 is 2.96 bits per heavy atom. The minimum atomic E-state index is 0.129.